The maximum atomic E-state index is 5.48. The fourth-order valence-electron chi connectivity index (χ4n) is 0.800. The molecule has 0 N–H and O–H groups in total. The largest absolute Gasteiger partial charge is 0.490 e. The van der Waals surface area contributed by atoms with E-state index in [0.717, 1.165) is 11.1 Å². The number of hydrogen-bond donors (Lipinski definition) is 0. The molecular formula is C10H10BrIO. The molecule has 0 bridgehead atoms. The van der Waals surface area contributed by atoms with Crippen molar-refractivity contribution in [2.75, 3.05) is 11.9 Å². The molecule has 0 spiro atoms. The van der Waals surface area contributed by atoms with Gasteiger partial charge in [0.25, 0.3) is 0 Å². The Bertz CT molecular complexity index is 272. The molecule has 0 aliphatic rings. The molecule has 0 atom stereocenters. The van der Waals surface area contributed by atoms with E-state index in [0.29, 0.717) is 6.61 Å². The van der Waals surface area contributed by atoms with E-state index in [4.69, 9.17) is 4.74 Å². The number of halogens is 2. The van der Waals surface area contributed by atoms with E-state index in [-0.39, 0.29) is 0 Å². The Balaban J connectivity index is 2.36. The van der Waals surface area contributed by atoms with Gasteiger partial charge in [-0.15, -0.1) is 0 Å². The van der Waals surface area contributed by atoms with Gasteiger partial charge in [-0.1, -0.05) is 34.1 Å². The average Bonchev–Trinajstić information content (AvgIpc) is 2.19. The second kappa shape index (κ2) is 6.43. The third kappa shape index (κ3) is 4.67. The molecule has 0 fully saturated rings. The molecule has 0 aromatic heterocycles. The van der Waals surface area contributed by atoms with Crippen molar-refractivity contribution >= 4 is 38.5 Å². The zero-order valence-electron chi connectivity index (χ0n) is 7.04. The Morgan fingerprint density at radius 2 is 2.08 bits per heavy atom. The molecule has 70 valence electrons. The highest BCUT2D eigenvalue weighted by molar-refractivity contribution is 14.1. The van der Waals surface area contributed by atoms with Crippen molar-refractivity contribution in [3.8, 4) is 5.75 Å². The van der Waals surface area contributed by atoms with Gasteiger partial charge in [-0.25, -0.2) is 0 Å². The maximum Gasteiger partial charge on any atom is 0.119 e. The Morgan fingerprint density at radius 3 is 2.69 bits per heavy atom. The first-order valence-corrected chi connectivity index (χ1v) is 6.11. The van der Waals surface area contributed by atoms with Crippen LogP contribution in [0.15, 0.2) is 40.0 Å². The highest BCUT2D eigenvalue weighted by atomic mass is 127. The van der Waals surface area contributed by atoms with Crippen LogP contribution in [0.4, 0.5) is 0 Å². The second-order valence-electron chi connectivity index (χ2n) is 2.41. The number of benzene rings is 1. The van der Waals surface area contributed by atoms with Gasteiger partial charge in [-0.05, 0) is 40.8 Å². The van der Waals surface area contributed by atoms with Crippen molar-refractivity contribution in [3.05, 3.63) is 40.0 Å². The van der Waals surface area contributed by atoms with Crippen LogP contribution in [0.25, 0.3) is 0 Å². The molecule has 1 nitrogen and oxygen atoms in total. The lowest BCUT2D eigenvalue weighted by Crippen LogP contribution is -1.93. The quantitative estimate of drug-likeness (QED) is 0.592. The van der Waals surface area contributed by atoms with E-state index in [1.54, 1.807) is 0 Å². The van der Waals surface area contributed by atoms with Gasteiger partial charge in [-0.2, -0.15) is 0 Å². The summed E-state index contributed by atoms with van der Waals surface area (Å²) < 4.78 is 6.73. The number of allylic oxidation sites excluding steroid dienone is 1. The molecule has 13 heavy (non-hydrogen) atoms. The van der Waals surface area contributed by atoms with Crippen LogP contribution < -0.4 is 4.74 Å². The fraction of sp³-hybridized carbons (Fsp3) is 0.200. The van der Waals surface area contributed by atoms with Crippen LogP contribution in [0, 0.1) is 0 Å². The van der Waals surface area contributed by atoms with Crippen molar-refractivity contribution in [2.24, 2.45) is 0 Å². The number of hydrogen-bond acceptors (Lipinski definition) is 1. The van der Waals surface area contributed by atoms with Crippen LogP contribution in [0.1, 0.15) is 0 Å². The van der Waals surface area contributed by atoms with Gasteiger partial charge >= 0.3 is 0 Å². The van der Waals surface area contributed by atoms with Gasteiger partial charge in [0.15, 0.2) is 0 Å². The summed E-state index contributed by atoms with van der Waals surface area (Å²) in [5, 5.41) is 0.895. The summed E-state index contributed by atoms with van der Waals surface area (Å²) in [6, 6.07) is 9.82. The first-order valence-electron chi connectivity index (χ1n) is 3.91. The Kier molecular flexibility index (Phi) is 5.46. The van der Waals surface area contributed by atoms with Gasteiger partial charge in [0.05, 0.1) is 0 Å². The third-order valence-electron chi connectivity index (χ3n) is 1.43. The van der Waals surface area contributed by atoms with Crippen LogP contribution in [0.5, 0.6) is 5.75 Å². The van der Waals surface area contributed by atoms with E-state index in [1.807, 2.05) is 30.3 Å². The molecule has 0 saturated carbocycles. The summed E-state index contributed by atoms with van der Waals surface area (Å²) >= 11 is 5.65. The van der Waals surface area contributed by atoms with Crippen LogP contribution in [-0.4, -0.2) is 11.9 Å². The number of ether oxygens (including phenoxy) is 1. The fourth-order valence-corrected chi connectivity index (χ4v) is 1.21. The standard InChI is InChI=1S/C10H10BrIO/c11-8-9(12)6-7-13-10-4-2-1-3-5-10/h1-6H,7-8H2/b9-6-. The summed E-state index contributed by atoms with van der Waals surface area (Å²) in [7, 11) is 0. The Labute approximate surface area is 100 Å². The minimum atomic E-state index is 0.633. The monoisotopic (exact) mass is 352 g/mol. The van der Waals surface area contributed by atoms with Crippen molar-refractivity contribution in [2.45, 2.75) is 0 Å². The molecule has 0 unspecified atom stereocenters. The highest BCUT2D eigenvalue weighted by Crippen LogP contribution is 2.11. The van der Waals surface area contributed by atoms with E-state index in [1.165, 1.54) is 3.58 Å². The summed E-state index contributed by atoms with van der Waals surface area (Å²) in [4.78, 5) is 0. The second-order valence-corrected chi connectivity index (χ2v) is 4.36. The summed E-state index contributed by atoms with van der Waals surface area (Å²) in [5.74, 6) is 0.914. The minimum Gasteiger partial charge on any atom is -0.490 e. The maximum absolute atomic E-state index is 5.48. The molecule has 0 amide bonds. The van der Waals surface area contributed by atoms with Gasteiger partial charge in [0.2, 0.25) is 0 Å². The van der Waals surface area contributed by atoms with Crippen LogP contribution in [0.3, 0.4) is 0 Å². The molecule has 0 aliphatic heterocycles. The zero-order chi connectivity index (χ0) is 9.52. The van der Waals surface area contributed by atoms with Crippen molar-refractivity contribution in [1.82, 2.24) is 0 Å². The minimum absolute atomic E-state index is 0.633. The molecule has 1 aromatic carbocycles. The molecule has 3 heteroatoms. The predicted octanol–water partition coefficient (Wildman–Crippen LogP) is 3.78. The van der Waals surface area contributed by atoms with Crippen molar-refractivity contribution in [1.29, 1.82) is 0 Å². The first kappa shape index (κ1) is 11.0. The Morgan fingerprint density at radius 1 is 1.38 bits per heavy atom. The SMILES string of the molecule is BrC/C(I)=C/COc1ccccc1. The Hall–Kier alpha value is -0.0300. The van der Waals surface area contributed by atoms with Gasteiger partial charge in [-0.3, -0.25) is 0 Å². The molecule has 1 rings (SSSR count). The lowest BCUT2D eigenvalue weighted by Gasteiger charge is -2.01. The molecule has 0 heterocycles. The van der Waals surface area contributed by atoms with Crippen LogP contribution >= 0.6 is 38.5 Å². The van der Waals surface area contributed by atoms with Gasteiger partial charge in [0, 0.05) is 8.91 Å². The first-order chi connectivity index (χ1) is 6.33. The molecule has 0 radical (unpaired) electrons. The van der Waals surface area contributed by atoms with E-state index >= 15 is 0 Å². The van der Waals surface area contributed by atoms with E-state index in [9.17, 15) is 0 Å². The predicted molar refractivity (Wildman–Crippen MR) is 67.8 cm³/mol. The normalized spacial score (nSPS) is 11.4. The summed E-state index contributed by atoms with van der Waals surface area (Å²) in [5.41, 5.74) is 0. The number of alkyl halides is 1. The summed E-state index contributed by atoms with van der Waals surface area (Å²) in [6.07, 6.45) is 2.06. The van der Waals surface area contributed by atoms with Crippen molar-refractivity contribution in [3.63, 3.8) is 0 Å². The lowest BCUT2D eigenvalue weighted by molar-refractivity contribution is 0.362. The topological polar surface area (TPSA) is 9.23 Å². The number of rotatable bonds is 4. The zero-order valence-corrected chi connectivity index (χ0v) is 10.8. The number of para-hydroxylation sites is 1. The van der Waals surface area contributed by atoms with E-state index in [2.05, 4.69) is 44.6 Å². The van der Waals surface area contributed by atoms with E-state index < -0.39 is 0 Å². The van der Waals surface area contributed by atoms with Crippen LogP contribution in [-0.2, 0) is 0 Å². The molecule has 1 aromatic rings. The highest BCUT2D eigenvalue weighted by Gasteiger charge is 1.89. The third-order valence-corrected chi connectivity index (χ3v) is 3.90. The summed E-state index contributed by atoms with van der Waals surface area (Å²) in [6.45, 7) is 0.633. The van der Waals surface area contributed by atoms with Crippen molar-refractivity contribution < 1.29 is 4.74 Å². The molecular weight excluding hydrogens is 343 g/mol. The van der Waals surface area contributed by atoms with Gasteiger partial charge < -0.3 is 4.74 Å². The molecule has 0 aliphatic carbocycles. The van der Waals surface area contributed by atoms with Crippen LogP contribution in [0.2, 0.25) is 0 Å². The molecule has 0 saturated heterocycles. The lowest BCUT2D eigenvalue weighted by atomic mass is 10.3. The smallest absolute Gasteiger partial charge is 0.119 e. The van der Waals surface area contributed by atoms with Gasteiger partial charge in [0.1, 0.15) is 12.4 Å². The average molecular weight is 353 g/mol.